The molecule has 0 radical (unpaired) electrons. The summed E-state index contributed by atoms with van der Waals surface area (Å²) in [5, 5.41) is 8.01. The molecule has 0 fully saturated rings. The lowest BCUT2D eigenvalue weighted by Crippen LogP contribution is -1.90. The van der Waals surface area contributed by atoms with Gasteiger partial charge in [-0.2, -0.15) is 0 Å². The third-order valence-electron chi connectivity index (χ3n) is 1.74. The molecular weight excluding hydrogens is 198 g/mol. The summed E-state index contributed by atoms with van der Waals surface area (Å²) >= 11 is 1.35. The van der Waals surface area contributed by atoms with E-state index in [0.29, 0.717) is 5.19 Å². The van der Waals surface area contributed by atoms with Crippen LogP contribution < -0.4 is 10.5 Å². The lowest BCUT2D eigenvalue weighted by molar-refractivity contribution is 0.470. The molecule has 0 spiro atoms. The molecule has 0 saturated heterocycles. The molecule has 0 unspecified atom stereocenters. The molecule has 0 bridgehead atoms. The van der Waals surface area contributed by atoms with Crippen molar-refractivity contribution in [3.63, 3.8) is 0 Å². The van der Waals surface area contributed by atoms with E-state index in [2.05, 4.69) is 10.2 Å². The van der Waals surface area contributed by atoms with Crippen LogP contribution in [0.3, 0.4) is 0 Å². The van der Waals surface area contributed by atoms with Gasteiger partial charge in [-0.3, -0.25) is 0 Å². The standard InChI is InChI=1S/C9H9N3OS/c1-6-4-7(10)2-3-8(6)13-9-12-11-5-14-9/h2-5H,10H2,1H3. The van der Waals surface area contributed by atoms with Crippen LogP contribution in [0.2, 0.25) is 0 Å². The summed E-state index contributed by atoms with van der Waals surface area (Å²) in [6, 6.07) is 5.48. The van der Waals surface area contributed by atoms with Crippen molar-refractivity contribution in [1.29, 1.82) is 0 Å². The molecule has 2 N–H and O–H groups in total. The Balaban J connectivity index is 2.25. The third kappa shape index (κ3) is 1.82. The number of aryl methyl sites for hydroxylation is 1. The Morgan fingerprint density at radius 2 is 2.29 bits per heavy atom. The number of aromatic nitrogens is 2. The molecule has 0 amide bonds. The highest BCUT2D eigenvalue weighted by Crippen LogP contribution is 2.26. The van der Waals surface area contributed by atoms with Crippen LogP contribution in [0.5, 0.6) is 10.9 Å². The molecule has 4 nitrogen and oxygen atoms in total. The number of nitrogen functional groups attached to an aromatic ring is 1. The van der Waals surface area contributed by atoms with E-state index >= 15 is 0 Å². The predicted octanol–water partition coefficient (Wildman–Crippen LogP) is 2.22. The first-order chi connectivity index (χ1) is 6.75. The van der Waals surface area contributed by atoms with Gasteiger partial charge in [-0.25, -0.2) is 0 Å². The number of hydrogen-bond donors (Lipinski definition) is 1. The fraction of sp³-hybridized carbons (Fsp3) is 0.111. The summed E-state index contributed by atoms with van der Waals surface area (Å²) < 4.78 is 5.49. The number of ether oxygens (including phenoxy) is 1. The first kappa shape index (κ1) is 8.96. The topological polar surface area (TPSA) is 61.0 Å². The van der Waals surface area contributed by atoms with Crippen molar-refractivity contribution in [2.24, 2.45) is 0 Å². The maximum Gasteiger partial charge on any atom is 0.299 e. The smallest absolute Gasteiger partial charge is 0.299 e. The Kier molecular flexibility index (Phi) is 2.32. The van der Waals surface area contributed by atoms with E-state index in [9.17, 15) is 0 Å². The second kappa shape index (κ2) is 3.63. The van der Waals surface area contributed by atoms with Gasteiger partial charge in [-0.05, 0) is 30.7 Å². The molecule has 1 aromatic heterocycles. The van der Waals surface area contributed by atoms with Crippen molar-refractivity contribution >= 4 is 17.0 Å². The van der Waals surface area contributed by atoms with Crippen LogP contribution in [0.4, 0.5) is 5.69 Å². The number of benzene rings is 1. The van der Waals surface area contributed by atoms with E-state index in [1.54, 1.807) is 11.6 Å². The van der Waals surface area contributed by atoms with Crippen molar-refractivity contribution in [3.8, 4) is 10.9 Å². The van der Waals surface area contributed by atoms with Crippen LogP contribution in [0.15, 0.2) is 23.7 Å². The Morgan fingerprint density at radius 1 is 1.43 bits per heavy atom. The molecule has 1 aromatic carbocycles. The molecule has 0 aliphatic rings. The predicted molar refractivity (Wildman–Crippen MR) is 55.6 cm³/mol. The van der Waals surface area contributed by atoms with Crippen LogP contribution in [0.1, 0.15) is 5.56 Å². The fourth-order valence-electron chi connectivity index (χ4n) is 1.09. The van der Waals surface area contributed by atoms with Crippen LogP contribution in [0, 0.1) is 6.92 Å². The monoisotopic (exact) mass is 207 g/mol. The molecular formula is C9H9N3OS. The van der Waals surface area contributed by atoms with Gasteiger partial charge in [-0.1, -0.05) is 16.4 Å². The molecule has 2 rings (SSSR count). The third-order valence-corrected chi connectivity index (χ3v) is 2.30. The average molecular weight is 207 g/mol. The van der Waals surface area contributed by atoms with Gasteiger partial charge in [0.25, 0.3) is 5.19 Å². The second-order valence-electron chi connectivity index (χ2n) is 2.83. The van der Waals surface area contributed by atoms with Gasteiger partial charge in [0.2, 0.25) is 0 Å². The molecule has 0 saturated carbocycles. The molecule has 72 valence electrons. The molecule has 14 heavy (non-hydrogen) atoms. The van der Waals surface area contributed by atoms with Gasteiger partial charge in [0, 0.05) is 5.69 Å². The minimum Gasteiger partial charge on any atom is -0.430 e. The average Bonchev–Trinajstić information content (AvgIpc) is 2.62. The van der Waals surface area contributed by atoms with Gasteiger partial charge in [0.1, 0.15) is 11.3 Å². The van der Waals surface area contributed by atoms with Crippen LogP contribution >= 0.6 is 11.3 Å². The number of anilines is 1. The van der Waals surface area contributed by atoms with Crippen LogP contribution in [0.25, 0.3) is 0 Å². The second-order valence-corrected chi connectivity index (χ2v) is 3.63. The summed E-state index contributed by atoms with van der Waals surface area (Å²) in [5.74, 6) is 0.760. The lowest BCUT2D eigenvalue weighted by Gasteiger charge is -2.05. The van der Waals surface area contributed by atoms with E-state index < -0.39 is 0 Å². The van der Waals surface area contributed by atoms with Gasteiger partial charge < -0.3 is 10.5 Å². The molecule has 1 heterocycles. The first-order valence-corrected chi connectivity index (χ1v) is 4.94. The summed E-state index contributed by atoms with van der Waals surface area (Å²) in [5.41, 5.74) is 8.96. The van der Waals surface area contributed by atoms with Gasteiger partial charge in [0.15, 0.2) is 0 Å². The Labute approximate surface area is 85.4 Å². The van der Waals surface area contributed by atoms with Crippen molar-refractivity contribution in [3.05, 3.63) is 29.3 Å². The zero-order chi connectivity index (χ0) is 9.97. The van der Waals surface area contributed by atoms with Gasteiger partial charge in [0.05, 0.1) is 0 Å². The molecule has 0 aliphatic heterocycles. The minimum atomic E-state index is 0.540. The number of rotatable bonds is 2. The summed E-state index contributed by atoms with van der Waals surface area (Å²) in [6.07, 6.45) is 0. The quantitative estimate of drug-likeness (QED) is 0.767. The van der Waals surface area contributed by atoms with E-state index in [-0.39, 0.29) is 0 Å². The Morgan fingerprint density at radius 3 is 2.93 bits per heavy atom. The maximum absolute atomic E-state index is 5.62. The molecule has 5 heteroatoms. The Hall–Kier alpha value is -1.62. The van der Waals surface area contributed by atoms with E-state index in [1.807, 2.05) is 19.1 Å². The zero-order valence-corrected chi connectivity index (χ0v) is 8.41. The zero-order valence-electron chi connectivity index (χ0n) is 7.60. The SMILES string of the molecule is Cc1cc(N)ccc1Oc1nncs1. The van der Waals surface area contributed by atoms with Crippen molar-refractivity contribution in [2.75, 3.05) is 5.73 Å². The number of nitrogens with zero attached hydrogens (tertiary/aromatic N) is 2. The summed E-state index contributed by atoms with van der Waals surface area (Å²) in [6.45, 7) is 1.94. The highest BCUT2D eigenvalue weighted by Gasteiger charge is 2.03. The largest absolute Gasteiger partial charge is 0.430 e. The summed E-state index contributed by atoms with van der Waals surface area (Å²) in [4.78, 5) is 0. The van der Waals surface area contributed by atoms with Crippen molar-refractivity contribution in [1.82, 2.24) is 10.2 Å². The fourth-order valence-corrected chi connectivity index (χ4v) is 1.51. The number of hydrogen-bond acceptors (Lipinski definition) is 5. The highest BCUT2D eigenvalue weighted by molar-refractivity contribution is 7.11. The summed E-state index contributed by atoms with van der Waals surface area (Å²) in [7, 11) is 0. The Bertz CT molecular complexity index is 428. The van der Waals surface area contributed by atoms with E-state index in [4.69, 9.17) is 10.5 Å². The van der Waals surface area contributed by atoms with E-state index in [0.717, 1.165) is 17.0 Å². The number of nitrogens with two attached hydrogens (primary N) is 1. The van der Waals surface area contributed by atoms with Crippen LogP contribution in [-0.4, -0.2) is 10.2 Å². The lowest BCUT2D eigenvalue weighted by atomic mass is 10.2. The maximum atomic E-state index is 5.62. The first-order valence-electron chi connectivity index (χ1n) is 4.06. The van der Waals surface area contributed by atoms with Crippen LogP contribution in [-0.2, 0) is 0 Å². The normalized spacial score (nSPS) is 10.1. The molecule has 0 atom stereocenters. The van der Waals surface area contributed by atoms with E-state index in [1.165, 1.54) is 11.3 Å². The van der Waals surface area contributed by atoms with Crippen molar-refractivity contribution < 1.29 is 4.74 Å². The van der Waals surface area contributed by atoms with Crippen molar-refractivity contribution in [2.45, 2.75) is 6.92 Å². The van der Waals surface area contributed by atoms with Gasteiger partial charge in [-0.15, -0.1) is 5.10 Å². The highest BCUT2D eigenvalue weighted by atomic mass is 32.1. The molecule has 2 aromatic rings. The molecule has 0 aliphatic carbocycles. The van der Waals surface area contributed by atoms with Gasteiger partial charge >= 0.3 is 0 Å². The minimum absolute atomic E-state index is 0.540.